The molecular formula is C14H25N3O. The van der Waals surface area contributed by atoms with Crippen LogP contribution < -0.4 is 10.1 Å². The molecular weight excluding hydrogens is 226 g/mol. The average molecular weight is 251 g/mol. The van der Waals surface area contributed by atoms with E-state index in [0.717, 1.165) is 37.7 Å². The summed E-state index contributed by atoms with van der Waals surface area (Å²) in [7, 11) is 0. The zero-order valence-electron chi connectivity index (χ0n) is 11.8. The highest BCUT2D eigenvalue weighted by Crippen LogP contribution is 2.20. The first-order valence-electron chi connectivity index (χ1n) is 6.85. The van der Waals surface area contributed by atoms with Crippen LogP contribution in [0.4, 0.5) is 5.82 Å². The van der Waals surface area contributed by atoms with Gasteiger partial charge in [-0.3, -0.25) is 0 Å². The summed E-state index contributed by atoms with van der Waals surface area (Å²) >= 11 is 0. The molecule has 0 saturated carbocycles. The maximum atomic E-state index is 5.53. The number of anilines is 1. The SMILES string of the molecule is CCCN(CC)CCNc1ncccc1OCC. The number of rotatable bonds is 9. The van der Waals surface area contributed by atoms with Crippen molar-refractivity contribution in [1.82, 2.24) is 9.88 Å². The molecule has 1 rings (SSSR count). The van der Waals surface area contributed by atoms with Crippen molar-refractivity contribution < 1.29 is 4.74 Å². The second kappa shape index (κ2) is 8.75. The van der Waals surface area contributed by atoms with Gasteiger partial charge in [0.15, 0.2) is 11.6 Å². The third kappa shape index (κ3) is 4.92. The summed E-state index contributed by atoms with van der Waals surface area (Å²) in [6.45, 7) is 11.2. The first kappa shape index (κ1) is 14.8. The first-order valence-corrected chi connectivity index (χ1v) is 6.85. The number of hydrogen-bond acceptors (Lipinski definition) is 4. The van der Waals surface area contributed by atoms with Crippen molar-refractivity contribution in [3.8, 4) is 5.75 Å². The lowest BCUT2D eigenvalue weighted by Gasteiger charge is -2.20. The predicted octanol–water partition coefficient (Wildman–Crippen LogP) is 2.62. The summed E-state index contributed by atoms with van der Waals surface area (Å²) in [5, 5.41) is 3.34. The molecule has 1 N–H and O–H groups in total. The van der Waals surface area contributed by atoms with Crippen LogP contribution in [0.5, 0.6) is 5.75 Å². The fourth-order valence-corrected chi connectivity index (χ4v) is 1.87. The van der Waals surface area contributed by atoms with Crippen LogP contribution >= 0.6 is 0 Å². The van der Waals surface area contributed by atoms with E-state index in [1.54, 1.807) is 6.20 Å². The van der Waals surface area contributed by atoms with Crippen molar-refractivity contribution in [3.05, 3.63) is 18.3 Å². The molecule has 0 aliphatic rings. The van der Waals surface area contributed by atoms with Crippen molar-refractivity contribution in [3.63, 3.8) is 0 Å². The Balaban J connectivity index is 2.42. The van der Waals surface area contributed by atoms with Crippen LogP contribution in [-0.2, 0) is 0 Å². The molecule has 1 aromatic heterocycles. The second-order valence-electron chi connectivity index (χ2n) is 4.14. The molecule has 102 valence electrons. The van der Waals surface area contributed by atoms with E-state index in [1.807, 2.05) is 19.1 Å². The number of nitrogens with one attached hydrogen (secondary N) is 1. The molecule has 0 spiro atoms. The second-order valence-corrected chi connectivity index (χ2v) is 4.14. The van der Waals surface area contributed by atoms with Gasteiger partial charge < -0.3 is 15.0 Å². The molecule has 1 heterocycles. The molecule has 0 aliphatic carbocycles. The van der Waals surface area contributed by atoms with Crippen molar-refractivity contribution in [1.29, 1.82) is 0 Å². The molecule has 0 atom stereocenters. The van der Waals surface area contributed by atoms with Crippen LogP contribution in [0.25, 0.3) is 0 Å². The van der Waals surface area contributed by atoms with E-state index in [4.69, 9.17) is 4.74 Å². The van der Waals surface area contributed by atoms with E-state index < -0.39 is 0 Å². The fraction of sp³-hybridized carbons (Fsp3) is 0.643. The minimum atomic E-state index is 0.664. The summed E-state index contributed by atoms with van der Waals surface area (Å²) in [6, 6.07) is 3.84. The van der Waals surface area contributed by atoms with Gasteiger partial charge in [0.25, 0.3) is 0 Å². The summed E-state index contributed by atoms with van der Waals surface area (Å²) in [5.74, 6) is 1.67. The molecule has 0 saturated heterocycles. The molecule has 18 heavy (non-hydrogen) atoms. The van der Waals surface area contributed by atoms with Gasteiger partial charge in [0, 0.05) is 19.3 Å². The summed E-state index contributed by atoms with van der Waals surface area (Å²) in [4.78, 5) is 6.74. The lowest BCUT2D eigenvalue weighted by Crippen LogP contribution is -2.29. The van der Waals surface area contributed by atoms with E-state index in [2.05, 4.69) is 29.0 Å². The molecule has 0 radical (unpaired) electrons. The maximum Gasteiger partial charge on any atom is 0.168 e. The standard InChI is InChI=1S/C14H25N3O/c1-4-11-17(5-2)12-10-16-14-13(18-6-3)8-7-9-15-14/h7-9H,4-6,10-12H2,1-3H3,(H,15,16). The van der Waals surface area contributed by atoms with Crippen LogP contribution in [-0.4, -0.2) is 42.7 Å². The van der Waals surface area contributed by atoms with Crippen LogP contribution in [0.3, 0.4) is 0 Å². The molecule has 0 aromatic carbocycles. The van der Waals surface area contributed by atoms with Crippen LogP contribution in [0.2, 0.25) is 0 Å². The maximum absolute atomic E-state index is 5.53. The Morgan fingerprint density at radius 3 is 2.78 bits per heavy atom. The van der Waals surface area contributed by atoms with Crippen molar-refractivity contribution in [2.45, 2.75) is 27.2 Å². The third-order valence-corrected chi connectivity index (χ3v) is 2.78. The number of likely N-dealkylation sites (N-methyl/N-ethyl adjacent to an activating group) is 1. The number of ether oxygens (including phenoxy) is 1. The zero-order chi connectivity index (χ0) is 13.2. The molecule has 0 unspecified atom stereocenters. The van der Waals surface area contributed by atoms with E-state index >= 15 is 0 Å². The number of nitrogens with zero attached hydrogens (tertiary/aromatic N) is 2. The van der Waals surface area contributed by atoms with Crippen LogP contribution in [0.15, 0.2) is 18.3 Å². The summed E-state index contributed by atoms with van der Waals surface area (Å²) < 4.78 is 5.53. The Morgan fingerprint density at radius 2 is 2.11 bits per heavy atom. The number of pyridine rings is 1. The van der Waals surface area contributed by atoms with Crippen molar-refractivity contribution >= 4 is 5.82 Å². The minimum Gasteiger partial charge on any atom is -0.490 e. The minimum absolute atomic E-state index is 0.664. The molecule has 4 heteroatoms. The Morgan fingerprint density at radius 1 is 1.28 bits per heavy atom. The average Bonchev–Trinajstić information content (AvgIpc) is 2.40. The quantitative estimate of drug-likeness (QED) is 0.732. The fourth-order valence-electron chi connectivity index (χ4n) is 1.87. The van der Waals surface area contributed by atoms with E-state index in [0.29, 0.717) is 6.61 Å². The van der Waals surface area contributed by atoms with Gasteiger partial charge in [0.2, 0.25) is 0 Å². The van der Waals surface area contributed by atoms with Gasteiger partial charge in [-0.05, 0) is 38.6 Å². The monoisotopic (exact) mass is 251 g/mol. The largest absolute Gasteiger partial charge is 0.490 e. The van der Waals surface area contributed by atoms with E-state index in [-0.39, 0.29) is 0 Å². The molecule has 0 bridgehead atoms. The summed E-state index contributed by atoms with van der Waals surface area (Å²) in [5.41, 5.74) is 0. The molecule has 0 amide bonds. The normalized spacial score (nSPS) is 10.7. The van der Waals surface area contributed by atoms with Gasteiger partial charge >= 0.3 is 0 Å². The van der Waals surface area contributed by atoms with Gasteiger partial charge in [-0.25, -0.2) is 4.98 Å². The lowest BCUT2D eigenvalue weighted by molar-refractivity contribution is 0.299. The number of hydrogen-bond donors (Lipinski definition) is 1. The van der Waals surface area contributed by atoms with E-state index in [1.165, 1.54) is 6.42 Å². The Kier molecular flexibility index (Phi) is 7.18. The van der Waals surface area contributed by atoms with Gasteiger partial charge in [-0.1, -0.05) is 13.8 Å². The Bertz CT molecular complexity index is 331. The molecule has 1 aromatic rings. The Hall–Kier alpha value is -1.29. The van der Waals surface area contributed by atoms with Crippen molar-refractivity contribution in [2.24, 2.45) is 0 Å². The van der Waals surface area contributed by atoms with Crippen molar-refractivity contribution in [2.75, 3.05) is 38.1 Å². The van der Waals surface area contributed by atoms with Gasteiger partial charge in [-0.2, -0.15) is 0 Å². The Labute approximate surface area is 110 Å². The van der Waals surface area contributed by atoms with Crippen LogP contribution in [0.1, 0.15) is 27.2 Å². The third-order valence-electron chi connectivity index (χ3n) is 2.78. The highest BCUT2D eigenvalue weighted by molar-refractivity contribution is 5.49. The molecule has 0 aliphatic heterocycles. The lowest BCUT2D eigenvalue weighted by atomic mass is 10.4. The summed E-state index contributed by atoms with van der Waals surface area (Å²) in [6.07, 6.45) is 2.98. The topological polar surface area (TPSA) is 37.4 Å². The predicted molar refractivity (Wildman–Crippen MR) is 76.3 cm³/mol. The smallest absolute Gasteiger partial charge is 0.168 e. The van der Waals surface area contributed by atoms with Gasteiger partial charge in [0.1, 0.15) is 0 Å². The van der Waals surface area contributed by atoms with Gasteiger partial charge in [0.05, 0.1) is 6.61 Å². The van der Waals surface area contributed by atoms with Crippen LogP contribution in [0, 0.1) is 0 Å². The van der Waals surface area contributed by atoms with E-state index in [9.17, 15) is 0 Å². The number of aromatic nitrogens is 1. The molecule has 4 nitrogen and oxygen atoms in total. The molecule has 0 fully saturated rings. The zero-order valence-corrected chi connectivity index (χ0v) is 11.8. The highest BCUT2D eigenvalue weighted by Gasteiger charge is 2.04. The first-order chi connectivity index (χ1) is 8.81. The highest BCUT2D eigenvalue weighted by atomic mass is 16.5. The van der Waals surface area contributed by atoms with Gasteiger partial charge in [-0.15, -0.1) is 0 Å².